The minimum Gasteiger partial charge on any atom is -0.370 e. The van der Waals surface area contributed by atoms with Crippen molar-refractivity contribution in [3.63, 3.8) is 0 Å². The number of hydrogen-bond acceptors (Lipinski definition) is 3. The van der Waals surface area contributed by atoms with Crippen LogP contribution in [0.1, 0.15) is 32.1 Å². The summed E-state index contributed by atoms with van der Waals surface area (Å²) in [5.74, 6) is 0.243. The van der Waals surface area contributed by atoms with Gasteiger partial charge < -0.3 is 10.2 Å². The van der Waals surface area contributed by atoms with Gasteiger partial charge in [-0.05, 0) is 56.3 Å². The molecule has 1 N–H and O–H groups in total. The lowest BCUT2D eigenvalue weighted by Crippen LogP contribution is -2.52. The minimum absolute atomic E-state index is 0.243. The number of anilines is 1. The van der Waals surface area contributed by atoms with Crippen molar-refractivity contribution >= 4 is 11.6 Å². The van der Waals surface area contributed by atoms with Crippen molar-refractivity contribution in [2.45, 2.75) is 38.1 Å². The molecule has 0 saturated carbocycles. The first-order valence-corrected chi connectivity index (χ1v) is 9.05. The summed E-state index contributed by atoms with van der Waals surface area (Å²) in [7, 11) is 0. The fraction of sp³-hybridized carbons (Fsp3) is 0.632. The Kier molecular flexibility index (Phi) is 4.02. The maximum atomic E-state index is 11.4. The second kappa shape index (κ2) is 6.16. The Balaban J connectivity index is 1.32. The first kappa shape index (κ1) is 15.0. The van der Waals surface area contributed by atoms with Gasteiger partial charge in [-0.25, -0.2) is 0 Å². The number of para-hydroxylation sites is 1. The molecule has 4 heteroatoms. The number of carbonyl (C=O) groups excluding carboxylic acids is 1. The molecule has 3 aliphatic heterocycles. The normalized spacial score (nSPS) is 28.1. The van der Waals surface area contributed by atoms with E-state index in [0.29, 0.717) is 11.5 Å². The van der Waals surface area contributed by atoms with E-state index in [4.69, 9.17) is 0 Å². The van der Waals surface area contributed by atoms with Gasteiger partial charge in [-0.15, -0.1) is 0 Å². The zero-order valence-electron chi connectivity index (χ0n) is 13.8. The Labute approximate surface area is 138 Å². The van der Waals surface area contributed by atoms with Gasteiger partial charge in [0.2, 0.25) is 5.91 Å². The number of likely N-dealkylation sites (tertiary alicyclic amines) is 1. The fourth-order valence-corrected chi connectivity index (χ4v) is 4.55. The zero-order valence-corrected chi connectivity index (χ0v) is 13.8. The van der Waals surface area contributed by atoms with Crippen molar-refractivity contribution < 1.29 is 4.79 Å². The maximum absolute atomic E-state index is 11.4. The smallest absolute Gasteiger partial charge is 0.220 e. The number of amides is 1. The Morgan fingerprint density at radius 1 is 1.04 bits per heavy atom. The van der Waals surface area contributed by atoms with E-state index >= 15 is 0 Å². The molecule has 1 atom stereocenters. The minimum atomic E-state index is 0.243. The first-order valence-electron chi connectivity index (χ1n) is 9.05. The molecule has 1 spiro atoms. The molecule has 1 amide bonds. The molecule has 23 heavy (non-hydrogen) atoms. The molecular weight excluding hydrogens is 286 g/mol. The standard InChI is InChI=1S/C19H27N3O/c23-18-6-8-19(15-20-18)9-12-21(13-10-19)17-7-11-22(14-17)16-4-2-1-3-5-16/h1-5,17H,6-15H2,(H,20,23). The van der Waals surface area contributed by atoms with Gasteiger partial charge in [0.15, 0.2) is 0 Å². The van der Waals surface area contributed by atoms with E-state index in [2.05, 4.69) is 45.4 Å². The van der Waals surface area contributed by atoms with Crippen LogP contribution in [-0.2, 0) is 4.79 Å². The topological polar surface area (TPSA) is 35.6 Å². The second-order valence-electron chi connectivity index (χ2n) is 7.54. The van der Waals surface area contributed by atoms with Crippen molar-refractivity contribution in [3.05, 3.63) is 30.3 Å². The molecule has 3 heterocycles. The van der Waals surface area contributed by atoms with Crippen molar-refractivity contribution in [2.75, 3.05) is 37.6 Å². The SMILES string of the molecule is O=C1CCC2(CCN(C3CCN(c4ccccc4)C3)CC2)CN1. The highest BCUT2D eigenvalue weighted by molar-refractivity contribution is 5.76. The molecular formula is C19H27N3O. The van der Waals surface area contributed by atoms with Crippen LogP contribution in [0.2, 0.25) is 0 Å². The van der Waals surface area contributed by atoms with Gasteiger partial charge in [0, 0.05) is 37.8 Å². The molecule has 3 aliphatic rings. The van der Waals surface area contributed by atoms with Crippen LogP contribution in [-0.4, -0.2) is 49.6 Å². The lowest BCUT2D eigenvalue weighted by Gasteiger charge is -2.45. The molecule has 4 rings (SSSR count). The van der Waals surface area contributed by atoms with Gasteiger partial charge in [0.05, 0.1) is 0 Å². The van der Waals surface area contributed by atoms with Crippen LogP contribution < -0.4 is 10.2 Å². The van der Waals surface area contributed by atoms with Gasteiger partial charge in [-0.3, -0.25) is 9.69 Å². The van der Waals surface area contributed by atoms with Crippen molar-refractivity contribution in [1.82, 2.24) is 10.2 Å². The van der Waals surface area contributed by atoms with E-state index in [1.807, 2.05) is 0 Å². The van der Waals surface area contributed by atoms with Crippen LogP contribution >= 0.6 is 0 Å². The Morgan fingerprint density at radius 2 is 1.83 bits per heavy atom. The first-order chi connectivity index (χ1) is 11.2. The molecule has 1 aromatic carbocycles. The average Bonchev–Trinajstić information content (AvgIpc) is 3.09. The van der Waals surface area contributed by atoms with Gasteiger partial charge in [-0.1, -0.05) is 18.2 Å². The predicted octanol–water partition coefficient (Wildman–Crippen LogP) is 2.26. The lowest BCUT2D eigenvalue weighted by molar-refractivity contribution is -0.125. The van der Waals surface area contributed by atoms with E-state index in [9.17, 15) is 4.79 Å². The summed E-state index contributed by atoms with van der Waals surface area (Å²) in [6, 6.07) is 11.5. The van der Waals surface area contributed by atoms with E-state index in [-0.39, 0.29) is 5.91 Å². The van der Waals surface area contributed by atoms with Crippen molar-refractivity contribution in [3.8, 4) is 0 Å². The molecule has 0 aromatic heterocycles. The van der Waals surface area contributed by atoms with Crippen LogP contribution in [0.5, 0.6) is 0 Å². The third kappa shape index (κ3) is 3.09. The summed E-state index contributed by atoms with van der Waals surface area (Å²) in [5.41, 5.74) is 1.75. The molecule has 0 bridgehead atoms. The van der Waals surface area contributed by atoms with Crippen molar-refractivity contribution in [1.29, 1.82) is 0 Å². The fourth-order valence-electron chi connectivity index (χ4n) is 4.55. The number of nitrogens with one attached hydrogen (secondary N) is 1. The summed E-state index contributed by atoms with van der Waals surface area (Å²) >= 11 is 0. The molecule has 0 radical (unpaired) electrons. The van der Waals surface area contributed by atoms with Gasteiger partial charge in [-0.2, -0.15) is 0 Å². The monoisotopic (exact) mass is 313 g/mol. The lowest BCUT2D eigenvalue weighted by atomic mass is 9.73. The molecule has 0 aliphatic carbocycles. The number of rotatable bonds is 2. The molecule has 1 unspecified atom stereocenters. The predicted molar refractivity (Wildman–Crippen MR) is 92.5 cm³/mol. The maximum Gasteiger partial charge on any atom is 0.220 e. The summed E-state index contributed by atoms with van der Waals surface area (Å²) < 4.78 is 0. The third-order valence-electron chi connectivity index (χ3n) is 6.20. The van der Waals surface area contributed by atoms with Crippen LogP contribution in [0.3, 0.4) is 0 Å². The number of hydrogen-bond donors (Lipinski definition) is 1. The highest BCUT2D eigenvalue weighted by Crippen LogP contribution is 2.38. The Hall–Kier alpha value is -1.55. The number of nitrogens with zero attached hydrogens (tertiary/aromatic N) is 2. The average molecular weight is 313 g/mol. The summed E-state index contributed by atoms with van der Waals surface area (Å²) in [4.78, 5) is 16.6. The Morgan fingerprint density at radius 3 is 2.52 bits per heavy atom. The zero-order chi connectivity index (χ0) is 15.7. The summed E-state index contributed by atoms with van der Waals surface area (Å²) in [6.07, 6.45) is 5.58. The largest absolute Gasteiger partial charge is 0.370 e. The van der Waals surface area contributed by atoms with Gasteiger partial charge in [0.1, 0.15) is 0 Å². The number of benzene rings is 1. The number of piperidine rings is 2. The molecule has 3 fully saturated rings. The van der Waals surface area contributed by atoms with E-state index in [1.165, 1.54) is 44.6 Å². The van der Waals surface area contributed by atoms with Crippen LogP contribution in [0.15, 0.2) is 30.3 Å². The molecule has 124 valence electrons. The summed E-state index contributed by atoms with van der Waals surface area (Å²) in [5, 5.41) is 3.09. The van der Waals surface area contributed by atoms with Crippen LogP contribution in [0, 0.1) is 5.41 Å². The number of carbonyl (C=O) groups is 1. The third-order valence-corrected chi connectivity index (χ3v) is 6.20. The van der Waals surface area contributed by atoms with E-state index in [1.54, 1.807) is 0 Å². The van der Waals surface area contributed by atoms with Crippen LogP contribution in [0.25, 0.3) is 0 Å². The molecule has 1 aromatic rings. The quantitative estimate of drug-likeness (QED) is 0.910. The van der Waals surface area contributed by atoms with Crippen LogP contribution in [0.4, 0.5) is 5.69 Å². The highest BCUT2D eigenvalue weighted by atomic mass is 16.1. The van der Waals surface area contributed by atoms with Gasteiger partial charge in [0.25, 0.3) is 0 Å². The van der Waals surface area contributed by atoms with Crippen molar-refractivity contribution in [2.24, 2.45) is 5.41 Å². The molecule has 3 saturated heterocycles. The van der Waals surface area contributed by atoms with Gasteiger partial charge >= 0.3 is 0 Å². The highest BCUT2D eigenvalue weighted by Gasteiger charge is 2.40. The van der Waals surface area contributed by atoms with E-state index in [0.717, 1.165) is 25.9 Å². The molecule has 4 nitrogen and oxygen atoms in total. The van der Waals surface area contributed by atoms with E-state index < -0.39 is 0 Å². The summed E-state index contributed by atoms with van der Waals surface area (Å²) in [6.45, 7) is 5.63. The Bertz CT molecular complexity index is 539. The second-order valence-corrected chi connectivity index (χ2v) is 7.54.